The van der Waals surface area contributed by atoms with Gasteiger partial charge in [0, 0.05) is 41.9 Å². The number of H-pyrrole nitrogens is 1. The number of amides is 1. The summed E-state index contributed by atoms with van der Waals surface area (Å²) in [7, 11) is 0. The fraction of sp³-hybridized carbons (Fsp3) is 0.190. The van der Waals surface area contributed by atoms with E-state index >= 15 is 0 Å². The molecule has 0 saturated heterocycles. The number of aromatic amines is 1. The normalized spacial score (nSPS) is 11.1. The summed E-state index contributed by atoms with van der Waals surface area (Å²) in [4.78, 5) is 24.3. The van der Waals surface area contributed by atoms with E-state index in [1.54, 1.807) is 24.4 Å². The van der Waals surface area contributed by atoms with E-state index in [4.69, 9.17) is 16.0 Å². The van der Waals surface area contributed by atoms with Crippen molar-refractivity contribution < 1.29 is 9.21 Å². The molecule has 0 unspecified atom stereocenters. The third-order valence-electron chi connectivity index (χ3n) is 4.37. The number of carbonyl (C=O) groups excluding carboxylic acids is 1. The average Bonchev–Trinajstić information content (AvgIpc) is 3.28. The number of aryl methyl sites for hydroxylation is 1. The molecule has 2 aromatic heterocycles. The summed E-state index contributed by atoms with van der Waals surface area (Å²) in [5, 5.41) is 3.60. The van der Waals surface area contributed by atoms with Gasteiger partial charge in [-0.05, 0) is 42.8 Å². The highest BCUT2D eigenvalue weighted by molar-refractivity contribution is 6.30. The van der Waals surface area contributed by atoms with Crippen molar-refractivity contribution in [2.24, 2.45) is 0 Å². The molecule has 2 aromatic carbocycles. The molecule has 1 amide bonds. The second kappa shape index (κ2) is 7.86. The van der Waals surface area contributed by atoms with Crippen molar-refractivity contribution in [1.29, 1.82) is 0 Å². The summed E-state index contributed by atoms with van der Waals surface area (Å²) in [6.07, 6.45) is 2.99. The summed E-state index contributed by atoms with van der Waals surface area (Å²) < 4.78 is 5.79. The van der Waals surface area contributed by atoms with Crippen LogP contribution in [0.1, 0.15) is 33.3 Å². The van der Waals surface area contributed by atoms with Crippen molar-refractivity contribution in [3.8, 4) is 0 Å². The minimum atomic E-state index is -0.146. The predicted octanol–water partition coefficient (Wildman–Crippen LogP) is 4.08. The lowest BCUT2D eigenvalue weighted by atomic mass is 10.1. The second-order valence-electron chi connectivity index (χ2n) is 6.61. The maximum Gasteiger partial charge on any atom is 0.251 e. The SMILES string of the molecule is Cc1cnc(CCNC(=O)c2ccc3oc(Cc4ccc(Cl)cc4)nc3c2)[nH]1. The highest BCUT2D eigenvalue weighted by Crippen LogP contribution is 2.20. The Hall–Kier alpha value is -3.12. The third kappa shape index (κ3) is 4.23. The Labute approximate surface area is 167 Å². The number of fused-ring (bicyclic) bond motifs is 1. The maximum absolute atomic E-state index is 12.4. The maximum atomic E-state index is 12.4. The molecule has 2 N–H and O–H groups in total. The number of hydrogen-bond donors (Lipinski definition) is 2. The van der Waals surface area contributed by atoms with Crippen LogP contribution in [0.2, 0.25) is 5.02 Å². The summed E-state index contributed by atoms with van der Waals surface area (Å²) >= 11 is 5.92. The topological polar surface area (TPSA) is 83.8 Å². The van der Waals surface area contributed by atoms with Crippen LogP contribution < -0.4 is 5.32 Å². The van der Waals surface area contributed by atoms with Gasteiger partial charge in [0.25, 0.3) is 5.91 Å². The van der Waals surface area contributed by atoms with Gasteiger partial charge in [-0.2, -0.15) is 0 Å². The van der Waals surface area contributed by atoms with Crippen LogP contribution in [0.3, 0.4) is 0 Å². The molecule has 142 valence electrons. The quantitative estimate of drug-likeness (QED) is 0.516. The van der Waals surface area contributed by atoms with Gasteiger partial charge in [-0.15, -0.1) is 0 Å². The van der Waals surface area contributed by atoms with E-state index in [1.807, 2.05) is 31.2 Å². The number of nitrogens with zero attached hydrogens (tertiary/aromatic N) is 2. The zero-order valence-corrected chi connectivity index (χ0v) is 16.1. The molecule has 0 radical (unpaired) electrons. The smallest absolute Gasteiger partial charge is 0.251 e. The fourth-order valence-electron chi connectivity index (χ4n) is 2.96. The molecule has 6 nitrogen and oxygen atoms in total. The number of benzene rings is 2. The van der Waals surface area contributed by atoms with Gasteiger partial charge in [-0.1, -0.05) is 23.7 Å². The van der Waals surface area contributed by atoms with Gasteiger partial charge in [0.2, 0.25) is 0 Å². The molecular formula is C21H19ClN4O2. The molecule has 0 aliphatic heterocycles. The number of rotatable bonds is 6. The lowest BCUT2D eigenvalue weighted by Gasteiger charge is -2.03. The van der Waals surface area contributed by atoms with Gasteiger partial charge in [-0.25, -0.2) is 9.97 Å². The molecule has 0 saturated carbocycles. The first-order valence-corrected chi connectivity index (χ1v) is 9.37. The Morgan fingerprint density at radius 3 is 2.79 bits per heavy atom. The van der Waals surface area contributed by atoms with Gasteiger partial charge < -0.3 is 14.7 Å². The molecule has 0 spiro atoms. The number of imidazole rings is 1. The molecule has 7 heteroatoms. The molecule has 0 atom stereocenters. The molecule has 0 aliphatic carbocycles. The second-order valence-corrected chi connectivity index (χ2v) is 7.05. The zero-order chi connectivity index (χ0) is 19.5. The first-order valence-electron chi connectivity index (χ1n) is 8.99. The van der Waals surface area contributed by atoms with E-state index in [2.05, 4.69) is 20.3 Å². The highest BCUT2D eigenvalue weighted by Gasteiger charge is 2.11. The van der Waals surface area contributed by atoms with Crippen LogP contribution in [-0.4, -0.2) is 27.4 Å². The van der Waals surface area contributed by atoms with Crippen LogP contribution in [-0.2, 0) is 12.8 Å². The average molecular weight is 395 g/mol. The zero-order valence-electron chi connectivity index (χ0n) is 15.3. The Balaban J connectivity index is 1.41. The Morgan fingerprint density at radius 1 is 1.21 bits per heavy atom. The first-order chi connectivity index (χ1) is 13.6. The van der Waals surface area contributed by atoms with Crippen molar-refractivity contribution in [2.45, 2.75) is 19.8 Å². The van der Waals surface area contributed by atoms with Crippen molar-refractivity contribution in [3.63, 3.8) is 0 Å². The number of halogens is 1. The molecule has 28 heavy (non-hydrogen) atoms. The van der Waals surface area contributed by atoms with Crippen molar-refractivity contribution in [3.05, 3.63) is 82.2 Å². The minimum Gasteiger partial charge on any atom is -0.440 e. The number of carbonyl (C=O) groups is 1. The van der Waals surface area contributed by atoms with Crippen LogP contribution in [0.5, 0.6) is 0 Å². The minimum absolute atomic E-state index is 0.146. The molecule has 2 heterocycles. The number of oxazole rings is 1. The van der Waals surface area contributed by atoms with E-state index in [9.17, 15) is 4.79 Å². The van der Waals surface area contributed by atoms with Gasteiger partial charge in [0.05, 0.1) is 0 Å². The van der Waals surface area contributed by atoms with E-state index in [1.165, 1.54) is 0 Å². The fourth-order valence-corrected chi connectivity index (χ4v) is 3.09. The molecule has 0 fully saturated rings. The standard InChI is InChI=1S/C21H19ClN4O2/c1-13-12-24-19(25-13)8-9-23-21(27)15-4-7-18-17(11-15)26-20(28-18)10-14-2-5-16(22)6-3-14/h2-7,11-12H,8-10H2,1H3,(H,23,27)(H,24,25). The predicted molar refractivity (Wildman–Crippen MR) is 108 cm³/mol. The van der Waals surface area contributed by atoms with Crippen molar-refractivity contribution in [2.75, 3.05) is 6.54 Å². The van der Waals surface area contributed by atoms with Crippen molar-refractivity contribution in [1.82, 2.24) is 20.3 Å². The molecule has 4 rings (SSSR count). The van der Waals surface area contributed by atoms with E-state index in [0.29, 0.717) is 47.0 Å². The van der Waals surface area contributed by atoms with E-state index in [0.717, 1.165) is 17.1 Å². The van der Waals surface area contributed by atoms with Crippen LogP contribution in [0.4, 0.5) is 0 Å². The lowest BCUT2D eigenvalue weighted by molar-refractivity contribution is 0.0954. The monoisotopic (exact) mass is 394 g/mol. The summed E-state index contributed by atoms with van der Waals surface area (Å²) in [5.41, 5.74) is 3.94. The van der Waals surface area contributed by atoms with E-state index < -0.39 is 0 Å². The van der Waals surface area contributed by atoms with Gasteiger partial charge in [-0.3, -0.25) is 4.79 Å². The van der Waals surface area contributed by atoms with Crippen molar-refractivity contribution >= 4 is 28.6 Å². The Kier molecular flexibility index (Phi) is 5.12. The highest BCUT2D eigenvalue weighted by atomic mass is 35.5. The Morgan fingerprint density at radius 2 is 2.04 bits per heavy atom. The van der Waals surface area contributed by atoms with Crippen LogP contribution >= 0.6 is 11.6 Å². The van der Waals surface area contributed by atoms with Gasteiger partial charge in [0.15, 0.2) is 11.5 Å². The van der Waals surface area contributed by atoms with E-state index in [-0.39, 0.29) is 5.91 Å². The molecular weight excluding hydrogens is 376 g/mol. The number of aromatic nitrogens is 3. The summed E-state index contributed by atoms with van der Waals surface area (Å²) in [5.74, 6) is 1.31. The van der Waals surface area contributed by atoms with Crippen LogP contribution in [0.15, 0.2) is 53.1 Å². The lowest BCUT2D eigenvalue weighted by Crippen LogP contribution is -2.25. The molecule has 0 aliphatic rings. The number of nitrogens with one attached hydrogen (secondary N) is 2. The largest absolute Gasteiger partial charge is 0.440 e. The van der Waals surface area contributed by atoms with Gasteiger partial charge >= 0.3 is 0 Å². The Bertz CT molecular complexity index is 1120. The molecule has 4 aromatic rings. The first kappa shape index (κ1) is 18.3. The molecule has 0 bridgehead atoms. The number of hydrogen-bond acceptors (Lipinski definition) is 4. The third-order valence-corrected chi connectivity index (χ3v) is 4.62. The van der Waals surface area contributed by atoms with Crippen LogP contribution in [0, 0.1) is 6.92 Å². The summed E-state index contributed by atoms with van der Waals surface area (Å²) in [6, 6.07) is 12.8. The van der Waals surface area contributed by atoms with Gasteiger partial charge in [0.1, 0.15) is 11.3 Å². The summed E-state index contributed by atoms with van der Waals surface area (Å²) in [6.45, 7) is 2.45. The van der Waals surface area contributed by atoms with Crippen LogP contribution in [0.25, 0.3) is 11.1 Å².